The Morgan fingerprint density at radius 1 is 1.00 bits per heavy atom. The number of benzene rings is 1. The summed E-state index contributed by atoms with van der Waals surface area (Å²) in [5, 5.41) is 16.4. The van der Waals surface area contributed by atoms with Gasteiger partial charge in [0.05, 0.1) is 17.8 Å². The summed E-state index contributed by atoms with van der Waals surface area (Å²) in [6.07, 6.45) is 7.12. The van der Waals surface area contributed by atoms with Gasteiger partial charge in [-0.2, -0.15) is 18.3 Å². The Morgan fingerprint density at radius 3 is 2.37 bits per heavy atom. The lowest BCUT2D eigenvalue weighted by atomic mass is 9.79. The maximum Gasteiger partial charge on any atom is 0.416 e. The molecule has 2 aliphatic carbocycles. The van der Waals surface area contributed by atoms with Gasteiger partial charge in [0, 0.05) is 25.2 Å². The summed E-state index contributed by atoms with van der Waals surface area (Å²) in [7, 11) is 1.88. The van der Waals surface area contributed by atoms with Crippen LogP contribution < -0.4 is 10.1 Å². The van der Waals surface area contributed by atoms with Gasteiger partial charge >= 0.3 is 12.3 Å². The van der Waals surface area contributed by atoms with Crippen LogP contribution in [0.5, 0.6) is 5.75 Å². The standard InChI is InChI=1S/C31H41F3N6O3/c1-30(2,3)43-29(41)36-24-12-14-25(15-13-24)40-18-22(17-35-40)20-8-10-21(11-9-20)28-38-37-27(39(28)4)19-42-26-7-5-6-23(16-26)31(32,33)34/h5-7,16-18,20-21,24-25H,8-15,19H2,1-4H3,(H,36,41)/t20-,21-,24-,25-. The Labute approximate surface area is 250 Å². The summed E-state index contributed by atoms with van der Waals surface area (Å²) in [5.74, 6) is 2.30. The van der Waals surface area contributed by atoms with Crippen LogP contribution in [-0.4, -0.2) is 42.3 Å². The number of halogens is 3. The molecule has 0 atom stereocenters. The monoisotopic (exact) mass is 602 g/mol. The summed E-state index contributed by atoms with van der Waals surface area (Å²) < 4.78 is 54.1. The molecule has 0 spiro atoms. The topological polar surface area (TPSA) is 96.1 Å². The maximum atomic E-state index is 13.0. The van der Waals surface area contributed by atoms with Crippen LogP contribution in [0.15, 0.2) is 36.7 Å². The molecule has 3 aromatic rings. The molecule has 0 bridgehead atoms. The van der Waals surface area contributed by atoms with Gasteiger partial charge in [-0.05, 0) is 102 Å². The van der Waals surface area contributed by atoms with Crippen molar-refractivity contribution >= 4 is 6.09 Å². The van der Waals surface area contributed by atoms with Gasteiger partial charge in [0.25, 0.3) is 0 Å². The number of amides is 1. The van der Waals surface area contributed by atoms with Gasteiger partial charge in [-0.15, -0.1) is 10.2 Å². The summed E-state index contributed by atoms with van der Waals surface area (Å²) in [6, 6.07) is 5.31. The summed E-state index contributed by atoms with van der Waals surface area (Å²) in [4.78, 5) is 12.1. The fraction of sp³-hybridized carbons (Fsp3) is 0.613. The lowest BCUT2D eigenvalue weighted by Crippen LogP contribution is -2.41. The zero-order valence-electron chi connectivity index (χ0n) is 25.2. The minimum atomic E-state index is -4.42. The van der Waals surface area contributed by atoms with E-state index in [1.165, 1.54) is 17.7 Å². The van der Waals surface area contributed by atoms with Crippen LogP contribution in [0.3, 0.4) is 0 Å². The summed E-state index contributed by atoms with van der Waals surface area (Å²) >= 11 is 0. The van der Waals surface area contributed by atoms with Gasteiger partial charge < -0.3 is 19.4 Å². The minimum Gasteiger partial charge on any atom is -0.486 e. The van der Waals surface area contributed by atoms with Crippen molar-refractivity contribution in [3.63, 3.8) is 0 Å². The third kappa shape index (κ3) is 7.88. The van der Waals surface area contributed by atoms with Crippen molar-refractivity contribution in [2.24, 2.45) is 7.05 Å². The molecule has 1 aromatic carbocycles. The highest BCUT2D eigenvalue weighted by atomic mass is 19.4. The van der Waals surface area contributed by atoms with Gasteiger partial charge in [0.1, 0.15) is 23.8 Å². The first-order valence-corrected chi connectivity index (χ1v) is 15.1. The van der Waals surface area contributed by atoms with E-state index >= 15 is 0 Å². The zero-order chi connectivity index (χ0) is 30.8. The quantitative estimate of drug-likeness (QED) is 0.311. The predicted molar refractivity (Wildman–Crippen MR) is 154 cm³/mol. The number of carbonyl (C=O) groups is 1. The Bertz CT molecular complexity index is 1380. The van der Waals surface area contributed by atoms with E-state index in [9.17, 15) is 18.0 Å². The molecular formula is C31H41F3N6O3. The number of alkyl carbamates (subject to hydrolysis) is 1. The van der Waals surface area contributed by atoms with E-state index in [1.807, 2.05) is 38.6 Å². The average molecular weight is 603 g/mol. The Morgan fingerprint density at radius 2 is 1.70 bits per heavy atom. The first kappa shape index (κ1) is 30.9. The fourth-order valence-corrected chi connectivity index (χ4v) is 6.17. The number of hydrogen-bond donors (Lipinski definition) is 1. The van der Waals surface area contributed by atoms with E-state index in [1.54, 1.807) is 0 Å². The molecule has 9 nitrogen and oxygen atoms in total. The molecule has 2 aromatic heterocycles. The highest BCUT2D eigenvalue weighted by Crippen LogP contribution is 2.40. The molecule has 0 aliphatic heterocycles. The van der Waals surface area contributed by atoms with E-state index in [0.717, 1.165) is 69.3 Å². The molecular weight excluding hydrogens is 561 g/mol. The number of hydrogen-bond acceptors (Lipinski definition) is 6. The molecule has 1 amide bonds. The lowest BCUT2D eigenvalue weighted by Gasteiger charge is -2.30. The largest absolute Gasteiger partial charge is 0.486 e. The van der Waals surface area contributed by atoms with Crippen molar-refractivity contribution in [1.82, 2.24) is 29.9 Å². The molecule has 2 fully saturated rings. The molecule has 2 aliphatic rings. The number of carbonyl (C=O) groups excluding carboxylic acids is 1. The fourth-order valence-electron chi connectivity index (χ4n) is 6.17. The third-order valence-corrected chi connectivity index (χ3v) is 8.50. The Balaban J connectivity index is 1.09. The maximum absolute atomic E-state index is 13.0. The van der Waals surface area contributed by atoms with E-state index < -0.39 is 17.3 Å². The number of alkyl halides is 3. The van der Waals surface area contributed by atoms with Gasteiger partial charge in [-0.3, -0.25) is 4.68 Å². The first-order valence-electron chi connectivity index (χ1n) is 15.1. The van der Waals surface area contributed by atoms with Crippen LogP contribution in [0, 0.1) is 0 Å². The van der Waals surface area contributed by atoms with E-state index in [0.29, 0.717) is 17.8 Å². The summed E-state index contributed by atoms with van der Waals surface area (Å²) in [5.41, 5.74) is 0.0165. The highest BCUT2D eigenvalue weighted by molar-refractivity contribution is 5.68. The van der Waals surface area contributed by atoms with Crippen LogP contribution in [-0.2, 0) is 24.6 Å². The van der Waals surface area contributed by atoms with Crippen molar-refractivity contribution < 1.29 is 27.4 Å². The van der Waals surface area contributed by atoms with Crippen LogP contribution in [0.4, 0.5) is 18.0 Å². The number of aromatic nitrogens is 5. The van der Waals surface area contributed by atoms with Crippen molar-refractivity contribution in [2.45, 2.75) is 114 Å². The van der Waals surface area contributed by atoms with Gasteiger partial charge in [-0.1, -0.05) is 6.07 Å². The van der Waals surface area contributed by atoms with Gasteiger partial charge in [0.2, 0.25) is 0 Å². The minimum absolute atomic E-state index is 0.0400. The van der Waals surface area contributed by atoms with Gasteiger partial charge in [0.15, 0.2) is 5.82 Å². The Hall–Kier alpha value is -3.57. The molecule has 43 heavy (non-hydrogen) atoms. The van der Waals surface area contributed by atoms with Crippen LogP contribution in [0.25, 0.3) is 0 Å². The zero-order valence-corrected chi connectivity index (χ0v) is 25.2. The van der Waals surface area contributed by atoms with E-state index in [-0.39, 0.29) is 30.4 Å². The van der Waals surface area contributed by atoms with Crippen molar-refractivity contribution in [1.29, 1.82) is 0 Å². The molecule has 5 rings (SSSR count). The van der Waals surface area contributed by atoms with Crippen molar-refractivity contribution in [3.8, 4) is 5.75 Å². The van der Waals surface area contributed by atoms with Crippen LogP contribution in [0.2, 0.25) is 0 Å². The van der Waals surface area contributed by atoms with Gasteiger partial charge in [-0.25, -0.2) is 4.79 Å². The number of ether oxygens (including phenoxy) is 2. The lowest BCUT2D eigenvalue weighted by molar-refractivity contribution is -0.137. The second-order valence-corrected chi connectivity index (χ2v) is 12.8. The van der Waals surface area contributed by atoms with Crippen LogP contribution in [0.1, 0.15) is 113 Å². The summed E-state index contributed by atoms with van der Waals surface area (Å²) in [6.45, 7) is 5.63. The molecule has 2 saturated carbocycles. The molecule has 2 heterocycles. The second kappa shape index (κ2) is 12.6. The first-order chi connectivity index (χ1) is 20.4. The number of rotatable bonds is 7. The normalized spacial score (nSPS) is 23.1. The molecule has 0 radical (unpaired) electrons. The molecule has 12 heteroatoms. The molecule has 0 unspecified atom stereocenters. The van der Waals surface area contributed by atoms with Crippen molar-refractivity contribution in [2.75, 3.05) is 0 Å². The van der Waals surface area contributed by atoms with E-state index in [4.69, 9.17) is 14.6 Å². The van der Waals surface area contributed by atoms with Crippen molar-refractivity contribution in [3.05, 3.63) is 59.4 Å². The third-order valence-electron chi connectivity index (χ3n) is 8.50. The van der Waals surface area contributed by atoms with Crippen LogP contribution >= 0.6 is 0 Å². The number of nitrogens with zero attached hydrogens (tertiary/aromatic N) is 5. The second-order valence-electron chi connectivity index (χ2n) is 12.8. The smallest absolute Gasteiger partial charge is 0.416 e. The molecule has 0 saturated heterocycles. The van der Waals surface area contributed by atoms with E-state index in [2.05, 4.69) is 26.4 Å². The Kier molecular flexibility index (Phi) is 9.03. The average Bonchev–Trinajstić information content (AvgIpc) is 3.58. The SMILES string of the molecule is Cn1c(COc2cccc(C(F)(F)F)c2)nnc1[C@H]1CC[C@H](c2cnn([C@H]3CC[C@H](NC(=O)OC(C)(C)C)CC3)c2)CC1. The number of nitrogens with one attached hydrogen (secondary N) is 1. The highest BCUT2D eigenvalue weighted by Gasteiger charge is 2.32. The predicted octanol–water partition coefficient (Wildman–Crippen LogP) is 7.06. The molecule has 1 N–H and O–H groups in total. The molecule has 234 valence electrons.